The summed E-state index contributed by atoms with van der Waals surface area (Å²) in [6.07, 6.45) is 2.40. The van der Waals surface area contributed by atoms with Gasteiger partial charge in [-0.1, -0.05) is 194 Å². The van der Waals surface area contributed by atoms with Gasteiger partial charge in [0.25, 0.3) is 0 Å². The van der Waals surface area contributed by atoms with Gasteiger partial charge in [-0.25, -0.2) is 0 Å². The van der Waals surface area contributed by atoms with Gasteiger partial charge in [0.15, 0.2) is 0 Å². The van der Waals surface area contributed by atoms with E-state index in [1.54, 1.807) is 0 Å². The smallest absolute Gasteiger partial charge is 0.0352 e. The highest BCUT2D eigenvalue weighted by Crippen LogP contribution is 2.52. The van der Waals surface area contributed by atoms with Crippen molar-refractivity contribution in [3.05, 3.63) is 229 Å². The molecule has 0 heterocycles. The van der Waals surface area contributed by atoms with Gasteiger partial charge in [-0.3, -0.25) is 0 Å². The largest absolute Gasteiger partial charge is 0.0622 e. The zero-order chi connectivity index (χ0) is 37.5. The molecule has 57 heavy (non-hydrogen) atoms. The Balaban J connectivity index is 1.03. The number of hydrogen-bond donors (Lipinski definition) is 0. The molecule has 0 saturated heterocycles. The third-order valence-electron chi connectivity index (χ3n) is 12.5. The first kappa shape index (κ1) is 32.0. The molecule has 0 spiro atoms. The summed E-state index contributed by atoms with van der Waals surface area (Å²) in [5.41, 5.74) is 19.4. The number of fused-ring (bicyclic) bond motifs is 6. The topological polar surface area (TPSA) is 0 Å². The molecule has 2 aliphatic carbocycles. The zero-order valence-corrected chi connectivity index (χ0v) is 31.3. The lowest BCUT2D eigenvalue weighted by Gasteiger charge is -2.21. The number of benzene rings is 10. The summed E-state index contributed by atoms with van der Waals surface area (Å²) in [6.45, 7) is 0. The second-order valence-electron chi connectivity index (χ2n) is 15.5. The van der Waals surface area contributed by atoms with E-state index in [1.807, 2.05) is 0 Å². The van der Waals surface area contributed by atoms with Crippen molar-refractivity contribution in [3.63, 3.8) is 0 Å². The SMILES string of the molecule is C1=C(c2ccc(-c3ccccc3)cc2)C(c2cccc(-c3c4ccccc4c(-c4cc5c6c(cccc6c4)-c4ccccc4-5)c4ccccc34)c2)c2ccccc21. The standard InChI is InChI=1S/C57H36/c1-2-14-36(15-3-1)37-28-30-38(31-29-37)52-34-39-16-4-5-20-44(39)54(52)40-17-12-18-41(32-40)55-48-23-8-10-25-50(48)57(51-26-11-9-24-49(51)55)43-33-42-19-13-27-47-45-21-6-7-22-46(45)53(35-43)56(42)47/h1-35,54H. The van der Waals surface area contributed by atoms with Crippen LogP contribution >= 0.6 is 0 Å². The summed E-state index contributed by atoms with van der Waals surface area (Å²) < 4.78 is 0. The maximum absolute atomic E-state index is 2.46. The van der Waals surface area contributed by atoms with Crippen LogP contribution in [0.4, 0.5) is 0 Å². The average molecular weight is 721 g/mol. The Morgan fingerprint density at radius 3 is 1.60 bits per heavy atom. The van der Waals surface area contributed by atoms with E-state index in [2.05, 4.69) is 212 Å². The molecule has 0 nitrogen and oxygen atoms in total. The Kier molecular flexibility index (Phi) is 7.09. The van der Waals surface area contributed by atoms with Crippen LogP contribution in [0.3, 0.4) is 0 Å². The van der Waals surface area contributed by atoms with Crippen LogP contribution in [0.15, 0.2) is 206 Å². The molecule has 0 aliphatic heterocycles. The Labute approximate surface area is 332 Å². The minimum atomic E-state index is 0.124. The summed E-state index contributed by atoms with van der Waals surface area (Å²) in [6, 6.07) is 76.6. The van der Waals surface area contributed by atoms with E-state index in [-0.39, 0.29) is 5.92 Å². The highest BCUT2D eigenvalue weighted by atomic mass is 14.3. The van der Waals surface area contributed by atoms with Crippen molar-refractivity contribution in [2.24, 2.45) is 0 Å². The first-order valence-corrected chi connectivity index (χ1v) is 20.0. The van der Waals surface area contributed by atoms with Crippen molar-refractivity contribution >= 4 is 44.0 Å². The molecule has 264 valence electrons. The molecule has 0 amide bonds. The van der Waals surface area contributed by atoms with Crippen LogP contribution in [0.2, 0.25) is 0 Å². The summed E-state index contributed by atoms with van der Waals surface area (Å²) in [5.74, 6) is 0.124. The van der Waals surface area contributed by atoms with Crippen molar-refractivity contribution in [2.45, 2.75) is 5.92 Å². The fourth-order valence-electron chi connectivity index (χ4n) is 10.0. The van der Waals surface area contributed by atoms with E-state index >= 15 is 0 Å². The minimum Gasteiger partial charge on any atom is -0.0622 e. The second kappa shape index (κ2) is 12.6. The molecule has 0 saturated carbocycles. The average Bonchev–Trinajstić information content (AvgIpc) is 3.83. The van der Waals surface area contributed by atoms with Crippen LogP contribution < -0.4 is 0 Å². The molecule has 2 aliphatic rings. The first-order valence-electron chi connectivity index (χ1n) is 20.0. The molecule has 0 fully saturated rings. The Bertz CT molecular complexity index is 3210. The van der Waals surface area contributed by atoms with Crippen molar-refractivity contribution < 1.29 is 0 Å². The summed E-state index contributed by atoms with van der Waals surface area (Å²) in [7, 11) is 0. The maximum atomic E-state index is 2.46. The predicted octanol–water partition coefficient (Wildman–Crippen LogP) is 15.5. The minimum absolute atomic E-state index is 0.124. The fourth-order valence-corrected chi connectivity index (χ4v) is 10.0. The summed E-state index contributed by atoms with van der Waals surface area (Å²) >= 11 is 0. The van der Waals surface area contributed by atoms with Crippen LogP contribution in [0, 0.1) is 0 Å². The Morgan fingerprint density at radius 2 is 0.860 bits per heavy atom. The predicted molar refractivity (Wildman–Crippen MR) is 242 cm³/mol. The molecule has 0 radical (unpaired) electrons. The van der Waals surface area contributed by atoms with E-state index in [1.165, 1.54) is 116 Å². The summed E-state index contributed by atoms with van der Waals surface area (Å²) in [4.78, 5) is 0. The van der Waals surface area contributed by atoms with Gasteiger partial charge < -0.3 is 0 Å². The van der Waals surface area contributed by atoms with Gasteiger partial charge in [0.1, 0.15) is 0 Å². The molecule has 1 atom stereocenters. The van der Waals surface area contributed by atoms with Crippen molar-refractivity contribution in [1.29, 1.82) is 0 Å². The van der Waals surface area contributed by atoms with E-state index in [4.69, 9.17) is 0 Å². The number of rotatable bonds is 5. The van der Waals surface area contributed by atoms with Crippen molar-refractivity contribution in [1.82, 2.24) is 0 Å². The van der Waals surface area contributed by atoms with Gasteiger partial charge in [-0.05, 0) is 134 Å². The van der Waals surface area contributed by atoms with E-state index in [9.17, 15) is 0 Å². The fraction of sp³-hybridized carbons (Fsp3) is 0.0175. The maximum Gasteiger partial charge on any atom is 0.0352 e. The van der Waals surface area contributed by atoms with Crippen LogP contribution in [0.25, 0.3) is 99.6 Å². The van der Waals surface area contributed by atoms with Crippen LogP contribution in [0.5, 0.6) is 0 Å². The number of hydrogen-bond acceptors (Lipinski definition) is 0. The Morgan fingerprint density at radius 1 is 0.316 bits per heavy atom. The van der Waals surface area contributed by atoms with Gasteiger partial charge in [-0.15, -0.1) is 0 Å². The van der Waals surface area contributed by atoms with Gasteiger partial charge in [0, 0.05) is 5.92 Å². The number of allylic oxidation sites excluding steroid dienone is 1. The lowest BCUT2D eigenvalue weighted by molar-refractivity contribution is 1.07. The molecule has 0 N–H and O–H groups in total. The van der Waals surface area contributed by atoms with E-state index in [0.717, 1.165) is 0 Å². The highest BCUT2D eigenvalue weighted by molar-refractivity contribution is 6.23. The van der Waals surface area contributed by atoms with Gasteiger partial charge >= 0.3 is 0 Å². The molecule has 0 aromatic heterocycles. The first-order chi connectivity index (χ1) is 28.3. The van der Waals surface area contributed by atoms with E-state index in [0.29, 0.717) is 0 Å². The highest BCUT2D eigenvalue weighted by Gasteiger charge is 2.29. The molecule has 0 heteroatoms. The lowest BCUT2D eigenvalue weighted by atomic mass is 9.82. The van der Waals surface area contributed by atoms with Crippen molar-refractivity contribution in [2.75, 3.05) is 0 Å². The second-order valence-corrected chi connectivity index (χ2v) is 15.5. The zero-order valence-electron chi connectivity index (χ0n) is 31.3. The quantitative estimate of drug-likeness (QED) is 0.155. The third kappa shape index (κ3) is 4.94. The molecule has 12 rings (SSSR count). The molecule has 0 bridgehead atoms. The van der Waals surface area contributed by atoms with E-state index < -0.39 is 0 Å². The Hall–Kier alpha value is -7.28. The normalized spacial score (nSPS) is 13.9. The van der Waals surface area contributed by atoms with Crippen LogP contribution in [-0.2, 0) is 0 Å². The monoisotopic (exact) mass is 720 g/mol. The third-order valence-corrected chi connectivity index (χ3v) is 12.5. The molecule has 10 aromatic carbocycles. The molecular formula is C57H36. The lowest BCUT2D eigenvalue weighted by Crippen LogP contribution is -2.02. The van der Waals surface area contributed by atoms with Crippen molar-refractivity contribution in [3.8, 4) is 55.6 Å². The van der Waals surface area contributed by atoms with Gasteiger partial charge in [-0.2, -0.15) is 0 Å². The van der Waals surface area contributed by atoms with Crippen LogP contribution in [0.1, 0.15) is 28.2 Å². The van der Waals surface area contributed by atoms with Gasteiger partial charge in [0.05, 0.1) is 0 Å². The summed E-state index contributed by atoms with van der Waals surface area (Å²) in [5, 5.41) is 7.74. The van der Waals surface area contributed by atoms with Gasteiger partial charge in [0.2, 0.25) is 0 Å². The molecule has 1 unspecified atom stereocenters. The molecular weight excluding hydrogens is 685 g/mol. The van der Waals surface area contributed by atoms with Crippen LogP contribution in [-0.4, -0.2) is 0 Å². The molecule has 10 aromatic rings.